The van der Waals surface area contributed by atoms with E-state index < -0.39 is 0 Å². The second-order valence-electron chi connectivity index (χ2n) is 7.70. The average Bonchev–Trinajstić information content (AvgIpc) is 2.61. The van der Waals surface area contributed by atoms with Gasteiger partial charge in [-0.25, -0.2) is 0 Å². The second kappa shape index (κ2) is 3.77. The quantitative estimate of drug-likeness (QED) is 0.632. The minimum atomic E-state index is 0.101. The van der Waals surface area contributed by atoms with Gasteiger partial charge in [0.1, 0.15) is 11.4 Å². The molecule has 1 heterocycles. The van der Waals surface area contributed by atoms with Gasteiger partial charge in [0.05, 0.1) is 0 Å². The van der Waals surface area contributed by atoms with E-state index in [1.165, 1.54) is 47.3 Å². The molecular formula is C18H26O. The summed E-state index contributed by atoms with van der Waals surface area (Å²) in [5.41, 5.74) is 5.98. The molecule has 0 aromatic heterocycles. The van der Waals surface area contributed by atoms with E-state index in [-0.39, 0.29) is 11.0 Å². The Labute approximate surface area is 117 Å². The van der Waals surface area contributed by atoms with Crippen molar-refractivity contribution < 1.29 is 4.74 Å². The van der Waals surface area contributed by atoms with Gasteiger partial charge < -0.3 is 4.74 Å². The molecule has 1 unspecified atom stereocenters. The molecule has 1 saturated carbocycles. The molecule has 1 nitrogen and oxygen atoms in total. The van der Waals surface area contributed by atoms with Gasteiger partial charge in [0.25, 0.3) is 0 Å². The third kappa shape index (κ3) is 1.67. The second-order valence-corrected chi connectivity index (χ2v) is 7.70. The van der Waals surface area contributed by atoms with Crippen molar-refractivity contribution in [2.75, 3.05) is 0 Å². The van der Waals surface area contributed by atoms with Crippen molar-refractivity contribution in [3.05, 3.63) is 28.3 Å². The van der Waals surface area contributed by atoms with Gasteiger partial charge in [0, 0.05) is 11.5 Å². The zero-order valence-corrected chi connectivity index (χ0v) is 13.2. The maximum absolute atomic E-state index is 6.56. The molecule has 0 N–H and O–H groups in total. The van der Waals surface area contributed by atoms with Gasteiger partial charge in [-0.2, -0.15) is 0 Å². The molecule has 1 fully saturated rings. The zero-order chi connectivity index (χ0) is 14.0. The van der Waals surface area contributed by atoms with Crippen molar-refractivity contribution >= 4 is 0 Å². The van der Waals surface area contributed by atoms with Crippen molar-refractivity contribution in [2.45, 2.75) is 72.3 Å². The highest BCUT2D eigenvalue weighted by Gasteiger charge is 2.57. The maximum atomic E-state index is 6.56. The van der Waals surface area contributed by atoms with Gasteiger partial charge in [-0.15, -0.1) is 0 Å². The van der Waals surface area contributed by atoms with E-state index >= 15 is 0 Å². The Morgan fingerprint density at radius 3 is 2.21 bits per heavy atom. The van der Waals surface area contributed by atoms with Crippen LogP contribution >= 0.6 is 0 Å². The summed E-state index contributed by atoms with van der Waals surface area (Å²) in [7, 11) is 0. The van der Waals surface area contributed by atoms with Crippen LogP contribution in [0.4, 0.5) is 0 Å². The molecule has 0 bridgehead atoms. The number of hydrogen-bond acceptors (Lipinski definition) is 1. The molecule has 1 aromatic carbocycles. The maximum Gasteiger partial charge on any atom is 0.127 e. The first-order valence-electron chi connectivity index (χ1n) is 7.56. The van der Waals surface area contributed by atoms with Gasteiger partial charge in [-0.1, -0.05) is 26.8 Å². The first kappa shape index (κ1) is 13.0. The number of hydrogen-bond donors (Lipinski definition) is 0. The van der Waals surface area contributed by atoms with Crippen LogP contribution in [0.25, 0.3) is 0 Å². The predicted octanol–water partition coefficient (Wildman–Crippen LogP) is 5.06. The number of aryl methyl sites for hydroxylation is 2. The lowest BCUT2D eigenvalue weighted by Crippen LogP contribution is -2.49. The molecule has 1 aromatic rings. The number of ether oxygens (including phenoxy) is 1. The highest BCUT2D eigenvalue weighted by atomic mass is 16.5. The Bertz CT molecular complexity index is 530. The highest BCUT2D eigenvalue weighted by molar-refractivity contribution is 5.56. The summed E-state index contributed by atoms with van der Waals surface area (Å²) in [5.74, 6) is 1.75. The largest absolute Gasteiger partial charge is 0.486 e. The summed E-state index contributed by atoms with van der Waals surface area (Å²) in [6.07, 6.45) is 3.76. The van der Waals surface area contributed by atoms with Gasteiger partial charge >= 0.3 is 0 Å². The van der Waals surface area contributed by atoms with Crippen LogP contribution in [0.1, 0.15) is 68.2 Å². The number of rotatable bonds is 0. The molecule has 1 spiro atoms. The molecule has 2 aliphatic rings. The summed E-state index contributed by atoms with van der Waals surface area (Å²) in [5, 5.41) is 0. The van der Waals surface area contributed by atoms with Gasteiger partial charge in [-0.3, -0.25) is 0 Å². The van der Waals surface area contributed by atoms with E-state index in [1.807, 2.05) is 0 Å². The molecule has 1 aliphatic carbocycles. The molecule has 1 atom stereocenters. The fourth-order valence-electron chi connectivity index (χ4n) is 4.22. The van der Waals surface area contributed by atoms with E-state index in [0.717, 1.165) is 0 Å². The van der Waals surface area contributed by atoms with Crippen LogP contribution in [0.15, 0.2) is 6.07 Å². The zero-order valence-electron chi connectivity index (χ0n) is 13.2. The molecular weight excluding hydrogens is 232 g/mol. The molecule has 0 saturated heterocycles. The van der Waals surface area contributed by atoms with Crippen LogP contribution in [0, 0.1) is 26.2 Å². The van der Waals surface area contributed by atoms with E-state index in [2.05, 4.69) is 47.6 Å². The van der Waals surface area contributed by atoms with Gasteiger partial charge in [0.2, 0.25) is 0 Å². The Kier molecular flexibility index (Phi) is 2.59. The van der Waals surface area contributed by atoms with Crippen molar-refractivity contribution in [3.8, 4) is 5.75 Å². The molecule has 104 valence electrons. The number of fused-ring (bicyclic) bond motifs is 1. The fraction of sp³-hybridized carbons (Fsp3) is 0.667. The molecule has 19 heavy (non-hydrogen) atoms. The molecule has 1 aliphatic heterocycles. The van der Waals surface area contributed by atoms with Crippen molar-refractivity contribution in [1.82, 2.24) is 0 Å². The normalized spacial score (nSPS) is 24.0. The summed E-state index contributed by atoms with van der Waals surface area (Å²) in [4.78, 5) is 0. The van der Waals surface area contributed by atoms with Crippen molar-refractivity contribution in [3.63, 3.8) is 0 Å². The Morgan fingerprint density at radius 1 is 1.11 bits per heavy atom. The van der Waals surface area contributed by atoms with Crippen molar-refractivity contribution in [2.24, 2.45) is 5.41 Å². The Hall–Kier alpha value is -0.980. The molecule has 0 radical (unpaired) electrons. The van der Waals surface area contributed by atoms with Crippen LogP contribution in [-0.4, -0.2) is 5.60 Å². The third-order valence-corrected chi connectivity index (χ3v) is 5.22. The minimum Gasteiger partial charge on any atom is -0.486 e. The summed E-state index contributed by atoms with van der Waals surface area (Å²) >= 11 is 0. The molecule has 1 heteroatoms. The first-order chi connectivity index (χ1) is 8.76. The highest BCUT2D eigenvalue weighted by Crippen LogP contribution is 2.61. The smallest absolute Gasteiger partial charge is 0.127 e. The summed E-state index contributed by atoms with van der Waals surface area (Å²) < 4.78 is 6.56. The van der Waals surface area contributed by atoms with Gasteiger partial charge in [-0.05, 0) is 62.1 Å². The van der Waals surface area contributed by atoms with Gasteiger partial charge in [0.15, 0.2) is 0 Å². The lowest BCUT2D eigenvalue weighted by atomic mass is 9.60. The molecule has 0 amide bonds. The Morgan fingerprint density at radius 2 is 1.74 bits per heavy atom. The minimum absolute atomic E-state index is 0.101. The van der Waals surface area contributed by atoms with Crippen molar-refractivity contribution in [1.29, 1.82) is 0 Å². The topological polar surface area (TPSA) is 9.23 Å². The van der Waals surface area contributed by atoms with E-state index in [1.54, 1.807) is 0 Å². The SMILES string of the molecule is Cc1cc(C)c2c(c1C)OC1(CCC1)C2C(C)(C)C. The van der Waals surface area contributed by atoms with Crippen LogP contribution in [0.5, 0.6) is 5.75 Å². The van der Waals surface area contributed by atoms with E-state index in [9.17, 15) is 0 Å². The summed E-state index contributed by atoms with van der Waals surface area (Å²) in [6, 6.07) is 2.34. The Balaban J connectivity index is 2.23. The van der Waals surface area contributed by atoms with Crippen LogP contribution < -0.4 is 4.74 Å². The standard InChI is InChI=1S/C18H26O/c1-11-10-12(2)14-15(13(11)3)19-18(8-7-9-18)16(14)17(4,5)6/h10,16H,7-9H2,1-6H3. The monoisotopic (exact) mass is 258 g/mol. The lowest BCUT2D eigenvalue weighted by molar-refractivity contribution is -0.0381. The number of benzene rings is 1. The predicted molar refractivity (Wildman–Crippen MR) is 80.1 cm³/mol. The van der Waals surface area contributed by atoms with Crippen LogP contribution in [-0.2, 0) is 0 Å². The average molecular weight is 258 g/mol. The summed E-state index contributed by atoms with van der Waals surface area (Å²) in [6.45, 7) is 13.8. The fourth-order valence-corrected chi connectivity index (χ4v) is 4.22. The van der Waals surface area contributed by atoms with E-state index in [4.69, 9.17) is 4.74 Å². The lowest BCUT2D eigenvalue weighted by Gasteiger charge is -2.47. The van der Waals surface area contributed by atoms with Crippen LogP contribution in [0.3, 0.4) is 0 Å². The third-order valence-electron chi connectivity index (χ3n) is 5.22. The van der Waals surface area contributed by atoms with E-state index in [0.29, 0.717) is 5.92 Å². The van der Waals surface area contributed by atoms with Crippen LogP contribution in [0.2, 0.25) is 0 Å². The first-order valence-corrected chi connectivity index (χ1v) is 7.56. The molecule has 3 rings (SSSR count).